The number of amides is 1. The zero-order valence-corrected chi connectivity index (χ0v) is 13.8. The minimum Gasteiger partial charge on any atom is -0.496 e. The van der Waals surface area contributed by atoms with E-state index in [1.54, 1.807) is 12.0 Å². The Morgan fingerprint density at radius 2 is 1.90 bits per heavy atom. The molecule has 2 rings (SSSR count). The minimum absolute atomic E-state index is 0.0794. The van der Waals surface area contributed by atoms with Crippen molar-refractivity contribution in [2.45, 2.75) is 20.3 Å². The van der Waals surface area contributed by atoms with Crippen molar-refractivity contribution in [3.63, 3.8) is 0 Å². The first-order valence-electron chi connectivity index (χ1n) is 6.59. The zero-order valence-electron chi connectivity index (χ0n) is 12.2. The Morgan fingerprint density at radius 1 is 1.33 bits per heavy atom. The van der Waals surface area contributed by atoms with E-state index in [4.69, 9.17) is 15.4 Å². The summed E-state index contributed by atoms with van der Waals surface area (Å²) in [7, 11) is 3.29. The number of hydrogen-bond acceptors (Lipinski definition) is 4. The second-order valence-electron chi connectivity index (χ2n) is 5.39. The number of halogens is 1. The Bertz CT molecular complexity index is 649. The van der Waals surface area contributed by atoms with Gasteiger partial charge in [0.1, 0.15) is 5.75 Å². The molecule has 1 amide bonds. The monoisotopic (exact) mass is 331 g/mol. The lowest BCUT2D eigenvalue weighted by Crippen LogP contribution is -2.25. The summed E-state index contributed by atoms with van der Waals surface area (Å²) in [5.74, 6) is 0.280. The molecule has 1 heterocycles. The number of methoxy groups -OCH3 is 1. The summed E-state index contributed by atoms with van der Waals surface area (Å²) in [5, 5.41) is 0. The van der Waals surface area contributed by atoms with Crippen molar-refractivity contribution in [1.29, 1.82) is 0 Å². The molecule has 1 fully saturated rings. The molecule has 116 valence electrons. The van der Waals surface area contributed by atoms with Crippen LogP contribution in [0.3, 0.4) is 0 Å². The average Bonchev–Trinajstić information content (AvgIpc) is 2.67. The molecular weight excluding hydrogens is 314 g/mol. The molecule has 0 aliphatic carbocycles. The lowest BCUT2D eigenvalue weighted by Gasteiger charge is -2.19. The summed E-state index contributed by atoms with van der Waals surface area (Å²) in [6.45, 7) is 4.20. The van der Waals surface area contributed by atoms with Crippen LogP contribution in [0.1, 0.15) is 17.5 Å². The lowest BCUT2D eigenvalue weighted by atomic mass is 10.1. The van der Waals surface area contributed by atoms with E-state index in [2.05, 4.69) is 0 Å². The van der Waals surface area contributed by atoms with Gasteiger partial charge in [0, 0.05) is 35.3 Å². The van der Waals surface area contributed by atoms with Crippen molar-refractivity contribution in [3.8, 4) is 5.75 Å². The molecule has 1 aromatic carbocycles. The molecule has 1 unspecified atom stereocenters. The van der Waals surface area contributed by atoms with E-state index < -0.39 is 9.05 Å². The minimum atomic E-state index is -3.59. The third kappa shape index (κ3) is 3.68. The van der Waals surface area contributed by atoms with Crippen molar-refractivity contribution in [2.24, 2.45) is 5.92 Å². The smallest absolute Gasteiger partial charge is 0.232 e. The van der Waals surface area contributed by atoms with Gasteiger partial charge < -0.3 is 9.64 Å². The number of carbonyl (C=O) groups is 1. The Morgan fingerprint density at radius 3 is 2.38 bits per heavy atom. The highest BCUT2D eigenvalue weighted by Gasteiger charge is 2.33. The maximum absolute atomic E-state index is 12.1. The predicted octanol–water partition coefficient (Wildman–Crippen LogP) is 2.23. The van der Waals surface area contributed by atoms with E-state index in [0.29, 0.717) is 6.54 Å². The number of ether oxygens (including phenoxy) is 1. The number of rotatable bonds is 4. The van der Waals surface area contributed by atoms with Gasteiger partial charge in [0.2, 0.25) is 15.0 Å². The molecule has 0 saturated carbocycles. The van der Waals surface area contributed by atoms with Gasteiger partial charge in [-0.2, -0.15) is 0 Å². The Kier molecular flexibility index (Phi) is 4.49. The first kappa shape index (κ1) is 16.1. The van der Waals surface area contributed by atoms with Crippen molar-refractivity contribution >= 4 is 31.3 Å². The molecule has 0 N–H and O–H groups in total. The van der Waals surface area contributed by atoms with Gasteiger partial charge in [0.05, 0.1) is 12.9 Å². The standard InChI is InChI=1S/C14H18ClNO4S/c1-9-4-12(5-10(2)14(9)20-3)16-7-11(6-13(16)17)8-21(15,18)19/h4-5,11H,6-8H2,1-3H3. The van der Waals surface area contributed by atoms with E-state index >= 15 is 0 Å². The van der Waals surface area contributed by atoms with Crippen LogP contribution < -0.4 is 9.64 Å². The van der Waals surface area contributed by atoms with Gasteiger partial charge in [0.25, 0.3) is 0 Å². The van der Waals surface area contributed by atoms with Crippen LogP contribution in [-0.4, -0.2) is 33.7 Å². The van der Waals surface area contributed by atoms with Crippen LogP contribution in [0.2, 0.25) is 0 Å². The number of carbonyl (C=O) groups excluding carboxylic acids is 1. The fourth-order valence-electron chi connectivity index (χ4n) is 2.83. The van der Waals surface area contributed by atoms with Gasteiger partial charge in [-0.05, 0) is 37.1 Å². The van der Waals surface area contributed by atoms with E-state index in [1.807, 2.05) is 26.0 Å². The molecule has 0 radical (unpaired) electrons. The maximum atomic E-state index is 12.1. The summed E-state index contributed by atoms with van der Waals surface area (Å²) in [4.78, 5) is 13.7. The predicted molar refractivity (Wildman–Crippen MR) is 82.6 cm³/mol. The van der Waals surface area contributed by atoms with Gasteiger partial charge >= 0.3 is 0 Å². The van der Waals surface area contributed by atoms with Crippen LogP contribution in [-0.2, 0) is 13.8 Å². The lowest BCUT2D eigenvalue weighted by molar-refractivity contribution is -0.117. The largest absolute Gasteiger partial charge is 0.496 e. The van der Waals surface area contributed by atoms with Crippen molar-refractivity contribution in [1.82, 2.24) is 0 Å². The molecule has 7 heteroatoms. The molecule has 21 heavy (non-hydrogen) atoms. The Balaban J connectivity index is 2.25. The van der Waals surface area contributed by atoms with Crippen LogP contribution in [0.15, 0.2) is 12.1 Å². The topological polar surface area (TPSA) is 63.7 Å². The first-order chi connectivity index (χ1) is 9.71. The SMILES string of the molecule is COc1c(C)cc(N2CC(CS(=O)(=O)Cl)CC2=O)cc1C. The summed E-state index contributed by atoms with van der Waals surface area (Å²) < 4.78 is 27.6. The van der Waals surface area contributed by atoms with Gasteiger partial charge in [-0.3, -0.25) is 4.79 Å². The van der Waals surface area contributed by atoms with Crippen molar-refractivity contribution in [3.05, 3.63) is 23.3 Å². The molecule has 1 atom stereocenters. The van der Waals surface area contributed by atoms with Crippen LogP contribution in [0, 0.1) is 19.8 Å². The molecule has 1 aromatic rings. The van der Waals surface area contributed by atoms with Gasteiger partial charge in [-0.1, -0.05) is 0 Å². The second-order valence-corrected chi connectivity index (χ2v) is 8.21. The van der Waals surface area contributed by atoms with E-state index in [-0.39, 0.29) is 24.0 Å². The van der Waals surface area contributed by atoms with Crippen molar-refractivity contribution < 1.29 is 17.9 Å². The van der Waals surface area contributed by atoms with Crippen LogP contribution in [0.4, 0.5) is 5.69 Å². The van der Waals surface area contributed by atoms with Gasteiger partial charge in [-0.15, -0.1) is 0 Å². The fraction of sp³-hybridized carbons (Fsp3) is 0.500. The van der Waals surface area contributed by atoms with E-state index in [0.717, 1.165) is 22.6 Å². The average molecular weight is 332 g/mol. The first-order valence-corrected chi connectivity index (χ1v) is 9.07. The highest BCUT2D eigenvalue weighted by Crippen LogP contribution is 2.32. The third-order valence-electron chi connectivity index (χ3n) is 3.60. The molecule has 0 aromatic heterocycles. The second kappa shape index (κ2) is 5.85. The summed E-state index contributed by atoms with van der Waals surface area (Å²) in [6.07, 6.45) is 0.204. The number of hydrogen-bond donors (Lipinski definition) is 0. The number of aryl methyl sites for hydroxylation is 2. The highest BCUT2D eigenvalue weighted by atomic mass is 35.7. The summed E-state index contributed by atoms with van der Waals surface area (Å²) in [6, 6.07) is 3.75. The summed E-state index contributed by atoms with van der Waals surface area (Å²) >= 11 is 0. The quantitative estimate of drug-likeness (QED) is 0.794. The molecule has 1 saturated heterocycles. The maximum Gasteiger partial charge on any atom is 0.232 e. The normalized spacial score (nSPS) is 19.1. The molecular formula is C14H18ClNO4S. The number of anilines is 1. The number of nitrogens with zero attached hydrogens (tertiary/aromatic N) is 1. The third-order valence-corrected chi connectivity index (χ3v) is 4.85. The van der Waals surface area contributed by atoms with Crippen LogP contribution in [0.5, 0.6) is 5.75 Å². The van der Waals surface area contributed by atoms with E-state index in [9.17, 15) is 13.2 Å². The Hall–Kier alpha value is -1.27. The van der Waals surface area contributed by atoms with E-state index in [1.165, 1.54) is 0 Å². The highest BCUT2D eigenvalue weighted by molar-refractivity contribution is 8.13. The number of benzene rings is 1. The molecule has 5 nitrogen and oxygen atoms in total. The van der Waals surface area contributed by atoms with Crippen LogP contribution in [0.25, 0.3) is 0 Å². The van der Waals surface area contributed by atoms with Crippen molar-refractivity contribution in [2.75, 3.05) is 24.3 Å². The fourth-order valence-corrected chi connectivity index (χ4v) is 4.15. The van der Waals surface area contributed by atoms with Gasteiger partial charge in [-0.25, -0.2) is 8.42 Å². The zero-order chi connectivity index (χ0) is 15.8. The van der Waals surface area contributed by atoms with Crippen LogP contribution >= 0.6 is 10.7 Å². The molecule has 0 bridgehead atoms. The molecule has 1 aliphatic rings. The molecule has 0 spiro atoms. The van der Waals surface area contributed by atoms with Gasteiger partial charge in [0.15, 0.2) is 0 Å². The summed E-state index contributed by atoms with van der Waals surface area (Å²) in [5.41, 5.74) is 2.65. The molecule has 1 aliphatic heterocycles. The Labute approximate surface area is 129 Å².